The lowest BCUT2D eigenvalue weighted by atomic mass is 9.79. The second-order valence-electron chi connectivity index (χ2n) is 21.5. The van der Waals surface area contributed by atoms with Crippen molar-refractivity contribution in [2.75, 3.05) is 0 Å². The fraction of sp³-hybridized carbons (Fsp3) is 0.923. The Kier molecular flexibility index (Phi) is 16.5. The van der Waals surface area contributed by atoms with Crippen LogP contribution in [-0.2, 0) is 4.74 Å². The van der Waals surface area contributed by atoms with E-state index in [0.717, 1.165) is 73.8 Å². The third kappa shape index (κ3) is 12.2. The van der Waals surface area contributed by atoms with Crippen molar-refractivity contribution in [3.63, 3.8) is 0 Å². The highest BCUT2D eigenvalue weighted by atomic mass is 16.5. The number of rotatable bonds is 12. The van der Waals surface area contributed by atoms with Crippen molar-refractivity contribution in [1.29, 1.82) is 0 Å². The first-order valence-electron chi connectivity index (χ1n) is 26.0. The Hall–Kier alpha value is -0.720. The molecule has 0 atom stereocenters. The molecule has 0 aromatic carbocycles. The van der Waals surface area contributed by atoms with E-state index in [1.54, 1.807) is 0 Å². The van der Waals surface area contributed by atoms with Crippen LogP contribution < -0.4 is 0 Å². The van der Waals surface area contributed by atoms with Gasteiger partial charge in [-0.25, -0.2) is 0 Å². The van der Waals surface area contributed by atoms with Crippen LogP contribution in [0.5, 0.6) is 0 Å². The number of nitrogens with zero attached hydrogens (tertiary/aromatic N) is 2. The van der Waals surface area contributed by atoms with E-state index in [1.807, 2.05) is 0 Å². The molecule has 5 heteroatoms. The van der Waals surface area contributed by atoms with E-state index in [1.165, 1.54) is 193 Å². The van der Waals surface area contributed by atoms with Gasteiger partial charge in [-0.2, -0.15) is 0 Å². The fourth-order valence-corrected chi connectivity index (χ4v) is 14.2. The summed E-state index contributed by atoms with van der Waals surface area (Å²) in [4.78, 5) is 6.30. The Labute approximate surface area is 350 Å². The summed E-state index contributed by atoms with van der Waals surface area (Å²) in [6, 6.07) is 4.83. The van der Waals surface area contributed by atoms with Crippen LogP contribution in [0.25, 0.3) is 0 Å². The van der Waals surface area contributed by atoms with Crippen LogP contribution in [0.15, 0.2) is 24.3 Å². The van der Waals surface area contributed by atoms with Gasteiger partial charge in [0.25, 0.3) is 0 Å². The van der Waals surface area contributed by atoms with Gasteiger partial charge in [0.15, 0.2) is 0 Å². The highest BCUT2D eigenvalue weighted by Crippen LogP contribution is 2.42. The zero-order valence-corrected chi connectivity index (χ0v) is 36.6. The van der Waals surface area contributed by atoms with E-state index in [9.17, 15) is 10.2 Å². The van der Waals surface area contributed by atoms with Crippen LogP contribution in [0.2, 0.25) is 0 Å². The minimum atomic E-state index is -0.0436. The standard InChI is InChI=1S/C52H88N2O3/c55-49-31-19-41(20-32-49)13-11-39-15-23-45(24-16-39)53(43-7-3-1-4-8-43)47-27-35-51(36-28-47)57-52-37-29-48(30-38-52)54(44-9-5-2-6-10-44)46-25-17-40(18-26-46)12-14-42-21-33-50(56)34-22-42/h11-14,39-52,55-56H,1-10,15-38H2. The maximum atomic E-state index is 9.93. The van der Waals surface area contributed by atoms with E-state index < -0.39 is 0 Å². The van der Waals surface area contributed by atoms with Crippen LogP contribution in [0.4, 0.5) is 0 Å². The lowest BCUT2D eigenvalue weighted by molar-refractivity contribution is -0.0789. The molecule has 0 spiro atoms. The predicted molar refractivity (Wildman–Crippen MR) is 236 cm³/mol. The van der Waals surface area contributed by atoms with Crippen molar-refractivity contribution >= 4 is 0 Å². The normalized spacial score (nSPS) is 41.3. The average Bonchev–Trinajstić information content (AvgIpc) is 3.26. The number of aliphatic hydroxyl groups excluding tert-OH is 2. The van der Waals surface area contributed by atoms with Crippen LogP contribution >= 0.6 is 0 Å². The summed E-state index contributed by atoms with van der Waals surface area (Å²) in [5.74, 6) is 2.98. The zero-order valence-electron chi connectivity index (χ0n) is 36.6. The first kappa shape index (κ1) is 42.9. The van der Waals surface area contributed by atoms with Crippen LogP contribution in [0.3, 0.4) is 0 Å². The van der Waals surface area contributed by atoms with Gasteiger partial charge in [-0.3, -0.25) is 9.80 Å². The summed E-state index contributed by atoms with van der Waals surface area (Å²) in [5.41, 5.74) is 0. The van der Waals surface area contributed by atoms with Gasteiger partial charge in [0.2, 0.25) is 0 Å². The van der Waals surface area contributed by atoms with Crippen molar-refractivity contribution in [3.05, 3.63) is 24.3 Å². The van der Waals surface area contributed by atoms with Crippen molar-refractivity contribution in [1.82, 2.24) is 9.80 Å². The number of hydrogen-bond acceptors (Lipinski definition) is 5. The van der Waals surface area contributed by atoms with Crippen LogP contribution in [0, 0.1) is 23.7 Å². The summed E-state index contributed by atoms with van der Waals surface area (Å²) in [6.07, 6.45) is 56.1. The number of allylic oxidation sites excluding steroid dienone is 4. The Balaban J connectivity index is 0.789. The maximum absolute atomic E-state index is 9.93. The molecule has 0 aromatic heterocycles. The molecule has 8 saturated carbocycles. The van der Waals surface area contributed by atoms with Gasteiger partial charge < -0.3 is 14.9 Å². The molecule has 0 radical (unpaired) electrons. The quantitative estimate of drug-likeness (QED) is 0.193. The molecule has 57 heavy (non-hydrogen) atoms. The lowest BCUT2D eigenvalue weighted by Gasteiger charge is -2.50. The molecule has 0 aromatic rings. The summed E-state index contributed by atoms with van der Waals surface area (Å²) in [6.45, 7) is 0. The first-order valence-corrected chi connectivity index (χ1v) is 26.0. The molecule has 8 fully saturated rings. The van der Waals surface area contributed by atoms with Crippen LogP contribution in [-0.4, -0.2) is 80.7 Å². The Morgan fingerprint density at radius 3 is 0.825 bits per heavy atom. The minimum absolute atomic E-state index is 0.0436. The smallest absolute Gasteiger partial charge is 0.0580 e. The van der Waals surface area contributed by atoms with Crippen molar-refractivity contribution < 1.29 is 14.9 Å². The molecule has 324 valence electrons. The van der Waals surface area contributed by atoms with E-state index >= 15 is 0 Å². The van der Waals surface area contributed by atoms with Crippen molar-refractivity contribution in [2.45, 2.75) is 279 Å². The van der Waals surface area contributed by atoms with Gasteiger partial charge in [-0.1, -0.05) is 62.8 Å². The second kappa shape index (κ2) is 21.9. The molecule has 0 heterocycles. The summed E-state index contributed by atoms with van der Waals surface area (Å²) in [5, 5.41) is 19.9. The lowest BCUT2D eigenvalue weighted by Crippen LogP contribution is -2.53. The van der Waals surface area contributed by atoms with E-state index in [0.29, 0.717) is 24.0 Å². The molecule has 0 bridgehead atoms. The highest BCUT2D eigenvalue weighted by molar-refractivity contribution is 5.01. The van der Waals surface area contributed by atoms with Gasteiger partial charge in [0.1, 0.15) is 0 Å². The van der Waals surface area contributed by atoms with Crippen LogP contribution in [0.1, 0.15) is 218 Å². The molecule has 8 aliphatic carbocycles. The summed E-state index contributed by atoms with van der Waals surface area (Å²) < 4.78 is 7.08. The molecule has 8 rings (SSSR count). The molecule has 0 saturated heterocycles. The Morgan fingerprint density at radius 2 is 0.526 bits per heavy atom. The number of aliphatic hydroxyl groups is 2. The first-order chi connectivity index (χ1) is 28.0. The molecular formula is C52H88N2O3. The average molecular weight is 789 g/mol. The van der Waals surface area contributed by atoms with Gasteiger partial charge in [-0.15, -0.1) is 0 Å². The molecule has 2 N–H and O–H groups in total. The minimum Gasteiger partial charge on any atom is -0.393 e. The molecule has 5 nitrogen and oxygen atoms in total. The number of hydrogen-bond donors (Lipinski definition) is 2. The second-order valence-corrected chi connectivity index (χ2v) is 21.5. The number of ether oxygens (including phenoxy) is 1. The molecule has 0 aliphatic heterocycles. The van der Waals surface area contributed by atoms with Crippen molar-refractivity contribution in [3.8, 4) is 0 Å². The van der Waals surface area contributed by atoms with Gasteiger partial charge in [0, 0.05) is 36.3 Å². The largest absolute Gasteiger partial charge is 0.393 e. The van der Waals surface area contributed by atoms with Gasteiger partial charge in [-0.05, 0) is 203 Å². The Morgan fingerprint density at radius 1 is 0.281 bits per heavy atom. The SMILES string of the molecule is OC1CCC(C=CC2CCC(N(C3CCCCC3)C3CCC(OC4CCC(N(C5CCCCC5)C5CCC(C=CC6CCC(O)CC6)CC5)CC4)CC3)CC2)CC1. The highest BCUT2D eigenvalue weighted by Gasteiger charge is 2.40. The molecule has 0 amide bonds. The molecular weight excluding hydrogens is 701 g/mol. The topological polar surface area (TPSA) is 56.2 Å². The molecule has 0 unspecified atom stereocenters. The molecule has 8 aliphatic rings. The summed E-state index contributed by atoms with van der Waals surface area (Å²) >= 11 is 0. The fourth-order valence-electron chi connectivity index (χ4n) is 14.2. The third-order valence-electron chi connectivity index (χ3n) is 17.6. The zero-order chi connectivity index (χ0) is 38.8. The van der Waals surface area contributed by atoms with Gasteiger partial charge in [0.05, 0.1) is 24.4 Å². The third-order valence-corrected chi connectivity index (χ3v) is 17.6. The van der Waals surface area contributed by atoms with E-state index in [2.05, 4.69) is 34.1 Å². The monoisotopic (exact) mass is 789 g/mol. The maximum Gasteiger partial charge on any atom is 0.0580 e. The van der Waals surface area contributed by atoms with E-state index in [4.69, 9.17) is 4.74 Å². The summed E-state index contributed by atoms with van der Waals surface area (Å²) in [7, 11) is 0. The van der Waals surface area contributed by atoms with E-state index in [-0.39, 0.29) is 12.2 Å². The van der Waals surface area contributed by atoms with Crippen molar-refractivity contribution in [2.24, 2.45) is 23.7 Å². The van der Waals surface area contributed by atoms with Gasteiger partial charge >= 0.3 is 0 Å². The predicted octanol–water partition coefficient (Wildman–Crippen LogP) is 12.2. The Bertz CT molecular complexity index is 1090.